The van der Waals surface area contributed by atoms with Crippen LogP contribution in [-0.2, 0) is 10.3 Å². The molecule has 0 radical (unpaired) electrons. The van der Waals surface area contributed by atoms with Gasteiger partial charge in [-0.1, -0.05) is 62.4 Å². The third kappa shape index (κ3) is 2.64. The van der Waals surface area contributed by atoms with E-state index < -0.39 is 0 Å². The molecule has 0 unspecified atom stereocenters. The zero-order valence-electron chi connectivity index (χ0n) is 16.0. The van der Waals surface area contributed by atoms with Crippen molar-refractivity contribution in [3.63, 3.8) is 0 Å². The molecule has 3 heteroatoms. The Morgan fingerprint density at radius 3 is 2.48 bits per heavy atom. The molecule has 2 atom stereocenters. The summed E-state index contributed by atoms with van der Waals surface area (Å²) in [5.41, 5.74) is 4.83. The number of benzene rings is 2. The lowest BCUT2D eigenvalue weighted by molar-refractivity contribution is -0.126. The Morgan fingerprint density at radius 2 is 1.70 bits per heavy atom. The van der Waals surface area contributed by atoms with Crippen LogP contribution in [0.4, 0.5) is 0 Å². The van der Waals surface area contributed by atoms with Crippen LogP contribution < -0.4 is 5.32 Å². The Hall–Kier alpha value is -2.39. The molecular weight excluding hydrogens is 332 g/mol. The third-order valence-corrected chi connectivity index (χ3v) is 6.37. The first-order valence-corrected chi connectivity index (χ1v) is 9.90. The number of ketones is 1. The fourth-order valence-electron chi connectivity index (χ4n) is 5.54. The molecule has 0 bridgehead atoms. The quantitative estimate of drug-likeness (QED) is 0.651. The second-order valence-electron chi connectivity index (χ2n) is 9.12. The van der Waals surface area contributed by atoms with E-state index in [4.69, 9.17) is 0 Å². The lowest BCUT2D eigenvalue weighted by Gasteiger charge is -2.48. The number of H-pyrrole nitrogens is 1. The van der Waals surface area contributed by atoms with Gasteiger partial charge in [0.25, 0.3) is 0 Å². The van der Waals surface area contributed by atoms with Crippen molar-refractivity contribution >= 4 is 16.7 Å². The molecule has 2 N–H and O–H groups in total. The van der Waals surface area contributed by atoms with Crippen LogP contribution in [0.5, 0.6) is 0 Å². The summed E-state index contributed by atoms with van der Waals surface area (Å²) in [6.45, 7) is 5.31. The molecule has 1 spiro atoms. The second-order valence-corrected chi connectivity index (χ2v) is 9.12. The number of nitrogens with one attached hydrogen (secondary N) is 2. The van der Waals surface area contributed by atoms with Crippen molar-refractivity contribution in [1.29, 1.82) is 0 Å². The molecule has 1 saturated carbocycles. The molecule has 3 nitrogen and oxygen atoms in total. The Bertz CT molecular complexity index is 1020. The fourth-order valence-corrected chi connectivity index (χ4v) is 5.54. The monoisotopic (exact) mass is 358 g/mol. The minimum Gasteiger partial charge on any atom is -0.357 e. The fraction of sp³-hybridized carbons (Fsp3) is 0.375. The van der Waals surface area contributed by atoms with Gasteiger partial charge in [0.1, 0.15) is 5.78 Å². The molecule has 2 aromatic carbocycles. The number of Topliss-reactive ketones (excluding diaryl/α,β-unsaturated/α-hetero) is 1. The van der Waals surface area contributed by atoms with E-state index in [-0.39, 0.29) is 11.0 Å². The van der Waals surface area contributed by atoms with Crippen LogP contribution in [-0.4, -0.2) is 17.3 Å². The highest BCUT2D eigenvalue weighted by molar-refractivity contribution is 5.88. The molecule has 2 aliphatic rings. The molecule has 1 fully saturated rings. The van der Waals surface area contributed by atoms with Crippen molar-refractivity contribution in [3.8, 4) is 0 Å². The number of fused-ring (bicyclic) bond motifs is 4. The third-order valence-electron chi connectivity index (χ3n) is 6.37. The number of hydrogen-bond donors (Lipinski definition) is 2. The number of para-hydroxylation sites is 1. The second kappa shape index (κ2) is 5.80. The van der Waals surface area contributed by atoms with Crippen molar-refractivity contribution in [3.05, 3.63) is 71.4 Å². The molecule has 27 heavy (non-hydrogen) atoms. The van der Waals surface area contributed by atoms with Gasteiger partial charge in [0, 0.05) is 41.9 Å². The SMILES string of the molecule is CC1(C)CC(=O)C[C@@]2(C1)NC[C@H](c1ccccc1)c1c2[nH]c2ccccc12. The van der Waals surface area contributed by atoms with Gasteiger partial charge in [-0.15, -0.1) is 0 Å². The first kappa shape index (κ1) is 16.8. The Balaban J connectivity index is 1.74. The summed E-state index contributed by atoms with van der Waals surface area (Å²) >= 11 is 0. The minimum absolute atomic E-state index is 0.0104. The van der Waals surface area contributed by atoms with Crippen LogP contribution in [0.25, 0.3) is 10.9 Å². The average Bonchev–Trinajstić information content (AvgIpc) is 3.02. The minimum atomic E-state index is -0.279. The highest BCUT2D eigenvalue weighted by atomic mass is 16.1. The zero-order chi connectivity index (χ0) is 18.6. The number of carbonyl (C=O) groups is 1. The molecule has 1 aliphatic heterocycles. The molecule has 1 aromatic heterocycles. The van der Waals surface area contributed by atoms with E-state index in [0.29, 0.717) is 24.5 Å². The van der Waals surface area contributed by atoms with Crippen molar-refractivity contribution in [2.75, 3.05) is 6.54 Å². The first-order valence-electron chi connectivity index (χ1n) is 9.90. The van der Waals surface area contributed by atoms with Gasteiger partial charge in [0.15, 0.2) is 0 Å². The summed E-state index contributed by atoms with van der Waals surface area (Å²) in [6, 6.07) is 19.3. The van der Waals surface area contributed by atoms with Crippen LogP contribution >= 0.6 is 0 Å². The first-order chi connectivity index (χ1) is 13.0. The van der Waals surface area contributed by atoms with Crippen LogP contribution in [0.3, 0.4) is 0 Å². The molecule has 0 saturated heterocycles. The lowest BCUT2D eigenvalue weighted by Crippen LogP contribution is -2.55. The van der Waals surface area contributed by atoms with E-state index >= 15 is 0 Å². The summed E-state index contributed by atoms with van der Waals surface area (Å²) in [5.74, 6) is 0.657. The van der Waals surface area contributed by atoms with Gasteiger partial charge in [-0.3, -0.25) is 4.79 Å². The van der Waals surface area contributed by atoms with Crippen molar-refractivity contribution in [2.24, 2.45) is 5.41 Å². The summed E-state index contributed by atoms with van der Waals surface area (Å²) < 4.78 is 0. The van der Waals surface area contributed by atoms with Crippen LogP contribution in [0.1, 0.15) is 55.8 Å². The molecule has 138 valence electrons. The average molecular weight is 358 g/mol. The molecule has 0 amide bonds. The van der Waals surface area contributed by atoms with Gasteiger partial charge in [-0.2, -0.15) is 0 Å². The maximum atomic E-state index is 12.7. The van der Waals surface area contributed by atoms with Gasteiger partial charge in [0.05, 0.1) is 5.54 Å². The number of aromatic amines is 1. The highest BCUT2D eigenvalue weighted by Crippen LogP contribution is 2.50. The Morgan fingerprint density at radius 1 is 0.963 bits per heavy atom. The van der Waals surface area contributed by atoms with E-state index in [1.807, 2.05) is 0 Å². The van der Waals surface area contributed by atoms with Gasteiger partial charge in [-0.25, -0.2) is 0 Å². The number of hydrogen-bond acceptors (Lipinski definition) is 2. The standard InChI is InChI=1S/C24H26N2O/c1-23(2)12-17(27)13-24(15-23)22-21(18-10-6-7-11-20(18)26-22)19(14-25-24)16-8-4-3-5-9-16/h3-11,19,25-26H,12-15H2,1-2H3/t19-,24+/m1/s1. The molecule has 3 aromatic rings. The summed E-state index contributed by atoms with van der Waals surface area (Å²) in [7, 11) is 0. The number of carbonyl (C=O) groups excluding carboxylic acids is 1. The number of rotatable bonds is 1. The smallest absolute Gasteiger partial charge is 0.135 e. The molecular formula is C24H26N2O. The predicted octanol–water partition coefficient (Wildman–Crippen LogP) is 4.88. The largest absolute Gasteiger partial charge is 0.357 e. The van der Waals surface area contributed by atoms with Gasteiger partial charge >= 0.3 is 0 Å². The predicted molar refractivity (Wildman–Crippen MR) is 109 cm³/mol. The number of aromatic nitrogens is 1. The van der Waals surface area contributed by atoms with Crippen LogP contribution in [0.2, 0.25) is 0 Å². The zero-order valence-corrected chi connectivity index (χ0v) is 16.0. The maximum absolute atomic E-state index is 12.7. The highest BCUT2D eigenvalue weighted by Gasteiger charge is 2.49. The van der Waals surface area contributed by atoms with E-state index in [1.165, 1.54) is 27.7 Å². The lowest BCUT2D eigenvalue weighted by atomic mass is 9.63. The van der Waals surface area contributed by atoms with Gasteiger partial charge < -0.3 is 10.3 Å². The van der Waals surface area contributed by atoms with E-state index in [0.717, 1.165) is 13.0 Å². The summed E-state index contributed by atoms with van der Waals surface area (Å²) in [4.78, 5) is 16.4. The summed E-state index contributed by atoms with van der Waals surface area (Å²) in [5, 5.41) is 5.12. The molecule has 1 aliphatic carbocycles. The molecule has 5 rings (SSSR count). The summed E-state index contributed by atoms with van der Waals surface area (Å²) in [6.07, 6.45) is 2.24. The van der Waals surface area contributed by atoms with E-state index in [1.54, 1.807) is 0 Å². The van der Waals surface area contributed by atoms with Crippen LogP contribution in [0, 0.1) is 5.41 Å². The van der Waals surface area contributed by atoms with E-state index in [9.17, 15) is 4.79 Å². The van der Waals surface area contributed by atoms with Crippen molar-refractivity contribution < 1.29 is 4.79 Å². The van der Waals surface area contributed by atoms with Gasteiger partial charge in [0.2, 0.25) is 0 Å². The molecule has 2 heterocycles. The maximum Gasteiger partial charge on any atom is 0.135 e. The van der Waals surface area contributed by atoms with Gasteiger partial charge in [-0.05, 0) is 29.0 Å². The van der Waals surface area contributed by atoms with Crippen molar-refractivity contribution in [1.82, 2.24) is 10.3 Å². The normalized spacial score (nSPS) is 27.0. The Kier molecular flexibility index (Phi) is 3.60. The van der Waals surface area contributed by atoms with Crippen molar-refractivity contribution in [2.45, 2.75) is 44.6 Å². The van der Waals surface area contributed by atoms with Crippen LogP contribution in [0.15, 0.2) is 54.6 Å². The topological polar surface area (TPSA) is 44.9 Å². The Labute approximate surface area is 160 Å². The van der Waals surface area contributed by atoms with E-state index in [2.05, 4.69) is 78.7 Å².